The number of phosphoric ester groups is 2. The molecule has 0 heterocycles. The topological polar surface area (TPSA) is 237 Å². The highest BCUT2D eigenvalue weighted by molar-refractivity contribution is 7.47. The van der Waals surface area contributed by atoms with Crippen molar-refractivity contribution in [2.45, 2.75) is 368 Å². The van der Waals surface area contributed by atoms with Crippen molar-refractivity contribution in [2.24, 2.45) is 11.8 Å². The Morgan fingerprint density at radius 1 is 0.330 bits per heavy atom. The molecule has 0 saturated carbocycles. The second-order valence-corrected chi connectivity index (χ2v) is 28.5. The van der Waals surface area contributed by atoms with Gasteiger partial charge in [0, 0.05) is 25.7 Å². The zero-order valence-corrected chi connectivity index (χ0v) is 58.8. The molecule has 0 aromatic rings. The third-order valence-electron chi connectivity index (χ3n) is 16.3. The van der Waals surface area contributed by atoms with Crippen LogP contribution in [-0.2, 0) is 65.4 Å². The minimum Gasteiger partial charge on any atom is -0.462 e. The van der Waals surface area contributed by atoms with Gasteiger partial charge >= 0.3 is 39.5 Å². The van der Waals surface area contributed by atoms with E-state index in [4.69, 9.17) is 37.0 Å². The number of hydrogen-bond acceptors (Lipinski definition) is 15. The standard InChI is InChI=1S/C69H134O17P2/c1-7-10-12-14-16-18-19-20-21-22-23-24-25-26-27-28-29-33-41-47-53-68(73)85-64(57-80-67(72)52-46-40-34-30-31-37-43-49-61(4)5)59-83-87(75,76)81-55-63(70)56-82-88(77,78)84-60-65(58-79-66(71)51-45-39-32-17-15-13-11-8-2)86-69(74)54-48-42-36-35-38-44-50-62(6)9-3/h61-65,70H,7-60H2,1-6H3,(H,75,76)(H,77,78)/t62?,63-,64-,65-/m1/s1. The molecule has 0 aliphatic rings. The van der Waals surface area contributed by atoms with Gasteiger partial charge in [0.2, 0.25) is 0 Å². The van der Waals surface area contributed by atoms with Crippen LogP contribution >= 0.6 is 15.6 Å². The molecule has 0 rings (SSSR count). The number of carbonyl (C=O) groups is 4. The molecule has 0 saturated heterocycles. The average molecular weight is 1300 g/mol. The third kappa shape index (κ3) is 61.6. The van der Waals surface area contributed by atoms with Gasteiger partial charge in [0.1, 0.15) is 19.3 Å². The Morgan fingerprint density at radius 3 is 0.864 bits per heavy atom. The van der Waals surface area contributed by atoms with Crippen molar-refractivity contribution in [2.75, 3.05) is 39.6 Å². The summed E-state index contributed by atoms with van der Waals surface area (Å²) in [6.45, 7) is 9.40. The molecule has 0 amide bonds. The highest BCUT2D eigenvalue weighted by atomic mass is 31.2. The second-order valence-electron chi connectivity index (χ2n) is 25.6. The van der Waals surface area contributed by atoms with Gasteiger partial charge in [-0.1, -0.05) is 298 Å². The summed E-state index contributed by atoms with van der Waals surface area (Å²) < 4.78 is 68.1. The number of aliphatic hydroxyl groups excluding tert-OH is 1. The summed E-state index contributed by atoms with van der Waals surface area (Å²) in [5.41, 5.74) is 0. The minimum atomic E-state index is -4.95. The quantitative estimate of drug-likeness (QED) is 0.0222. The Bertz CT molecular complexity index is 1720. The number of phosphoric acid groups is 2. The molecule has 0 spiro atoms. The van der Waals surface area contributed by atoms with E-state index in [1.807, 2.05) is 0 Å². The molecule has 6 atom stereocenters. The highest BCUT2D eigenvalue weighted by Gasteiger charge is 2.30. The van der Waals surface area contributed by atoms with Gasteiger partial charge in [-0.05, 0) is 37.5 Å². The predicted octanol–water partition coefficient (Wildman–Crippen LogP) is 19.6. The molecule has 522 valence electrons. The Balaban J connectivity index is 5.15. The zero-order valence-electron chi connectivity index (χ0n) is 57.0. The van der Waals surface area contributed by atoms with Gasteiger partial charge in [0.15, 0.2) is 12.2 Å². The van der Waals surface area contributed by atoms with E-state index in [1.54, 1.807) is 0 Å². The van der Waals surface area contributed by atoms with Crippen molar-refractivity contribution in [1.82, 2.24) is 0 Å². The number of esters is 4. The van der Waals surface area contributed by atoms with E-state index in [0.29, 0.717) is 31.6 Å². The van der Waals surface area contributed by atoms with Crippen molar-refractivity contribution in [1.29, 1.82) is 0 Å². The Labute approximate surface area is 537 Å². The fraction of sp³-hybridized carbons (Fsp3) is 0.942. The van der Waals surface area contributed by atoms with Crippen LogP contribution in [0.15, 0.2) is 0 Å². The predicted molar refractivity (Wildman–Crippen MR) is 354 cm³/mol. The maximum Gasteiger partial charge on any atom is 0.472 e. The van der Waals surface area contributed by atoms with E-state index in [2.05, 4.69) is 41.5 Å². The first-order valence-corrected chi connectivity index (χ1v) is 39.0. The van der Waals surface area contributed by atoms with Gasteiger partial charge in [-0.2, -0.15) is 0 Å². The monoisotopic (exact) mass is 1300 g/mol. The van der Waals surface area contributed by atoms with Gasteiger partial charge in [0.05, 0.1) is 26.4 Å². The minimum absolute atomic E-state index is 0.103. The maximum atomic E-state index is 13.0. The highest BCUT2D eigenvalue weighted by Crippen LogP contribution is 2.45. The second kappa shape index (κ2) is 61.3. The summed E-state index contributed by atoms with van der Waals surface area (Å²) in [5.74, 6) is -0.708. The summed E-state index contributed by atoms with van der Waals surface area (Å²) in [6, 6.07) is 0. The SMILES string of the molecule is CCCCCCCCCCCCCCCCCCCCCCC(=O)O[C@H](COC(=O)CCCCCCCCCC(C)C)COP(=O)(O)OC[C@@H](O)COP(=O)(O)OC[C@@H](COC(=O)CCCCCCCCCC)OC(=O)CCCCCCCCC(C)CC. The lowest BCUT2D eigenvalue weighted by molar-refractivity contribution is -0.161. The number of rotatable bonds is 68. The van der Waals surface area contributed by atoms with Crippen molar-refractivity contribution in [3.8, 4) is 0 Å². The van der Waals surface area contributed by atoms with Crippen LogP contribution in [0.25, 0.3) is 0 Å². The molecular formula is C69H134O17P2. The van der Waals surface area contributed by atoms with E-state index >= 15 is 0 Å². The Morgan fingerprint density at radius 2 is 0.580 bits per heavy atom. The van der Waals surface area contributed by atoms with Crippen molar-refractivity contribution >= 4 is 39.5 Å². The molecular weight excluding hydrogens is 1160 g/mol. The van der Waals surface area contributed by atoms with Crippen LogP contribution in [0.5, 0.6) is 0 Å². The third-order valence-corrected chi connectivity index (χ3v) is 18.2. The van der Waals surface area contributed by atoms with E-state index < -0.39 is 97.5 Å². The summed E-state index contributed by atoms with van der Waals surface area (Å²) in [4.78, 5) is 72.3. The lowest BCUT2D eigenvalue weighted by Crippen LogP contribution is -2.30. The molecule has 0 radical (unpaired) electrons. The Kier molecular flexibility index (Phi) is 59.9. The molecule has 19 heteroatoms. The first-order chi connectivity index (χ1) is 42.4. The van der Waals surface area contributed by atoms with Crippen LogP contribution < -0.4 is 0 Å². The lowest BCUT2D eigenvalue weighted by atomic mass is 10.00. The number of carbonyl (C=O) groups excluding carboxylic acids is 4. The molecule has 3 unspecified atom stereocenters. The van der Waals surface area contributed by atoms with Crippen LogP contribution in [0.2, 0.25) is 0 Å². The zero-order chi connectivity index (χ0) is 65.0. The van der Waals surface area contributed by atoms with Crippen molar-refractivity contribution < 1.29 is 80.2 Å². The summed E-state index contributed by atoms with van der Waals surface area (Å²) in [5, 5.41) is 10.6. The van der Waals surface area contributed by atoms with Crippen LogP contribution in [0.1, 0.15) is 350 Å². The Hall–Kier alpha value is -1.94. The first kappa shape index (κ1) is 86.1. The van der Waals surface area contributed by atoms with Gasteiger partial charge in [-0.15, -0.1) is 0 Å². The molecule has 88 heavy (non-hydrogen) atoms. The van der Waals surface area contributed by atoms with Crippen LogP contribution in [0, 0.1) is 11.8 Å². The molecule has 0 aliphatic carbocycles. The normalized spacial score (nSPS) is 14.5. The van der Waals surface area contributed by atoms with E-state index in [-0.39, 0.29) is 25.7 Å². The molecule has 0 bridgehead atoms. The first-order valence-electron chi connectivity index (χ1n) is 36.0. The fourth-order valence-electron chi connectivity index (χ4n) is 10.4. The number of unbranched alkanes of at least 4 members (excludes halogenated alkanes) is 37. The average Bonchev–Trinajstić information content (AvgIpc) is 3.55. The van der Waals surface area contributed by atoms with Gasteiger partial charge in [-0.3, -0.25) is 37.3 Å². The van der Waals surface area contributed by atoms with Crippen molar-refractivity contribution in [3.63, 3.8) is 0 Å². The van der Waals surface area contributed by atoms with Gasteiger partial charge in [0.25, 0.3) is 0 Å². The molecule has 0 aromatic carbocycles. The molecule has 0 aromatic heterocycles. The summed E-state index contributed by atoms with van der Waals surface area (Å²) in [6.07, 6.45) is 46.2. The number of aliphatic hydroxyl groups is 1. The largest absolute Gasteiger partial charge is 0.472 e. The molecule has 3 N–H and O–H groups in total. The van der Waals surface area contributed by atoms with Gasteiger partial charge in [-0.25, -0.2) is 9.13 Å². The fourth-order valence-corrected chi connectivity index (χ4v) is 12.0. The molecule has 0 aliphatic heterocycles. The van der Waals surface area contributed by atoms with Crippen LogP contribution in [-0.4, -0.2) is 96.7 Å². The summed E-state index contributed by atoms with van der Waals surface area (Å²) >= 11 is 0. The summed E-state index contributed by atoms with van der Waals surface area (Å²) in [7, 11) is -9.89. The van der Waals surface area contributed by atoms with E-state index in [9.17, 15) is 43.2 Å². The smallest absolute Gasteiger partial charge is 0.462 e. The lowest BCUT2D eigenvalue weighted by Gasteiger charge is -2.21. The van der Waals surface area contributed by atoms with Crippen LogP contribution in [0.3, 0.4) is 0 Å². The van der Waals surface area contributed by atoms with Crippen molar-refractivity contribution in [3.05, 3.63) is 0 Å². The van der Waals surface area contributed by atoms with E-state index in [0.717, 1.165) is 109 Å². The number of hydrogen-bond donors (Lipinski definition) is 3. The number of ether oxygens (including phenoxy) is 4. The molecule has 0 fully saturated rings. The van der Waals surface area contributed by atoms with Crippen LogP contribution in [0.4, 0.5) is 0 Å². The molecule has 17 nitrogen and oxygen atoms in total. The van der Waals surface area contributed by atoms with Gasteiger partial charge < -0.3 is 33.8 Å². The van der Waals surface area contributed by atoms with E-state index in [1.165, 1.54) is 154 Å². The maximum absolute atomic E-state index is 13.0.